The molecule has 0 radical (unpaired) electrons. The van der Waals surface area contributed by atoms with Gasteiger partial charge in [-0.3, -0.25) is 0 Å². The van der Waals surface area contributed by atoms with Crippen LogP contribution in [0.15, 0.2) is 34.8 Å². The average Bonchev–Trinajstić information content (AvgIpc) is 3.02. The van der Waals surface area contributed by atoms with Crippen molar-refractivity contribution in [2.24, 2.45) is 0 Å². The third kappa shape index (κ3) is 3.57. The molecule has 134 valence electrons. The molecule has 1 aliphatic heterocycles. The van der Waals surface area contributed by atoms with E-state index < -0.39 is 5.97 Å². The predicted octanol–water partition coefficient (Wildman–Crippen LogP) is 5.91. The molecular weight excluding hydrogens is 328 g/mol. The van der Waals surface area contributed by atoms with E-state index in [9.17, 15) is 4.79 Å². The van der Waals surface area contributed by atoms with Crippen LogP contribution in [0, 0.1) is 0 Å². The van der Waals surface area contributed by atoms with E-state index in [1.165, 1.54) is 46.9 Å². The Kier molecular flexibility index (Phi) is 4.65. The number of carboxylic acid groups (broad SMARTS) is 1. The van der Waals surface area contributed by atoms with Gasteiger partial charge in [0, 0.05) is 5.25 Å². The van der Waals surface area contributed by atoms with Crippen LogP contribution < -0.4 is 0 Å². The van der Waals surface area contributed by atoms with Crippen LogP contribution in [0.5, 0.6) is 0 Å². The van der Waals surface area contributed by atoms with E-state index in [1.54, 1.807) is 0 Å². The largest absolute Gasteiger partial charge is 0.477 e. The minimum Gasteiger partial charge on any atom is -0.477 e. The van der Waals surface area contributed by atoms with Crippen LogP contribution in [-0.2, 0) is 15.6 Å². The maximum atomic E-state index is 11.1. The lowest BCUT2D eigenvalue weighted by molar-refractivity contribution is -0.131. The second-order valence-electron chi connectivity index (χ2n) is 8.68. The standard InChI is InChI=1S/C22H28O2S/c1-14(18-8-9-19(25-18)20(23)24)12-15-6-7-16-17(13-15)22(4,5)11-10-21(16,2)3/h6-7,9,12-13,18H,8,10-11H2,1-5H3,(H,23,24)/b14-12-. The summed E-state index contributed by atoms with van der Waals surface area (Å²) in [7, 11) is 0. The molecule has 1 N–H and O–H groups in total. The smallest absolute Gasteiger partial charge is 0.341 e. The molecule has 2 nitrogen and oxygen atoms in total. The lowest BCUT2D eigenvalue weighted by atomic mass is 9.63. The molecule has 0 saturated carbocycles. The molecular formula is C22H28O2S. The maximum absolute atomic E-state index is 11.1. The van der Waals surface area contributed by atoms with Gasteiger partial charge in [0.2, 0.25) is 0 Å². The van der Waals surface area contributed by atoms with E-state index in [0.29, 0.717) is 4.91 Å². The van der Waals surface area contributed by atoms with E-state index in [0.717, 1.165) is 6.42 Å². The van der Waals surface area contributed by atoms with Gasteiger partial charge in [0.15, 0.2) is 0 Å². The third-order valence-corrected chi connectivity index (χ3v) is 7.22. The normalized spacial score (nSPS) is 24.6. The van der Waals surface area contributed by atoms with Gasteiger partial charge in [-0.25, -0.2) is 4.79 Å². The predicted molar refractivity (Wildman–Crippen MR) is 107 cm³/mol. The van der Waals surface area contributed by atoms with Gasteiger partial charge in [0.25, 0.3) is 0 Å². The second kappa shape index (κ2) is 6.35. The summed E-state index contributed by atoms with van der Waals surface area (Å²) in [6, 6.07) is 6.87. The quantitative estimate of drug-likeness (QED) is 0.731. The van der Waals surface area contributed by atoms with Crippen molar-refractivity contribution in [1.82, 2.24) is 0 Å². The van der Waals surface area contributed by atoms with Crippen molar-refractivity contribution in [2.45, 2.75) is 70.0 Å². The van der Waals surface area contributed by atoms with Crippen LogP contribution >= 0.6 is 11.8 Å². The molecule has 25 heavy (non-hydrogen) atoms. The molecule has 0 fully saturated rings. The molecule has 0 saturated heterocycles. The Morgan fingerprint density at radius 2 is 1.80 bits per heavy atom. The van der Waals surface area contributed by atoms with Crippen LogP contribution in [0.1, 0.15) is 70.6 Å². The fourth-order valence-electron chi connectivity index (χ4n) is 3.93. The van der Waals surface area contributed by atoms with Crippen molar-refractivity contribution in [3.8, 4) is 0 Å². The van der Waals surface area contributed by atoms with Crippen molar-refractivity contribution in [3.05, 3.63) is 51.4 Å². The Bertz CT molecular complexity index is 768. The summed E-state index contributed by atoms with van der Waals surface area (Å²) in [4.78, 5) is 11.6. The zero-order chi connectivity index (χ0) is 18.4. The minimum atomic E-state index is -0.807. The number of hydrogen-bond donors (Lipinski definition) is 1. The van der Waals surface area contributed by atoms with Crippen LogP contribution in [0.2, 0.25) is 0 Å². The lowest BCUT2D eigenvalue weighted by Gasteiger charge is -2.42. The Morgan fingerprint density at radius 3 is 2.40 bits per heavy atom. The lowest BCUT2D eigenvalue weighted by Crippen LogP contribution is -2.33. The van der Waals surface area contributed by atoms with E-state index in [1.807, 2.05) is 6.08 Å². The van der Waals surface area contributed by atoms with Crippen molar-refractivity contribution >= 4 is 23.8 Å². The fourth-order valence-corrected chi connectivity index (χ4v) is 4.98. The molecule has 0 amide bonds. The summed E-state index contributed by atoms with van der Waals surface area (Å²) in [5, 5.41) is 9.38. The molecule has 1 aromatic rings. The zero-order valence-electron chi connectivity index (χ0n) is 15.8. The van der Waals surface area contributed by atoms with Crippen LogP contribution in [0.25, 0.3) is 6.08 Å². The highest BCUT2D eigenvalue weighted by Gasteiger charge is 2.36. The van der Waals surface area contributed by atoms with Crippen molar-refractivity contribution in [3.63, 3.8) is 0 Å². The molecule has 3 rings (SSSR count). The molecule has 0 bridgehead atoms. The molecule has 1 aromatic carbocycles. The van der Waals surface area contributed by atoms with Gasteiger partial charge in [-0.2, -0.15) is 0 Å². The monoisotopic (exact) mass is 356 g/mol. The van der Waals surface area contributed by atoms with Gasteiger partial charge in [-0.05, 0) is 53.7 Å². The Balaban J connectivity index is 1.89. The van der Waals surface area contributed by atoms with Gasteiger partial charge >= 0.3 is 5.97 Å². The maximum Gasteiger partial charge on any atom is 0.341 e. The van der Waals surface area contributed by atoms with Gasteiger partial charge < -0.3 is 5.11 Å². The number of thioether (sulfide) groups is 1. The summed E-state index contributed by atoms with van der Waals surface area (Å²) >= 11 is 1.47. The first kappa shape index (κ1) is 18.3. The van der Waals surface area contributed by atoms with Crippen molar-refractivity contribution in [2.75, 3.05) is 0 Å². The number of aliphatic carboxylic acids is 1. The summed E-state index contributed by atoms with van der Waals surface area (Å²) in [6.07, 6.45) is 7.31. The average molecular weight is 357 g/mol. The summed E-state index contributed by atoms with van der Waals surface area (Å²) < 4.78 is 0. The first-order chi connectivity index (χ1) is 11.6. The molecule has 0 aromatic heterocycles. The molecule has 3 heteroatoms. The number of benzene rings is 1. The Hall–Kier alpha value is -1.48. The van der Waals surface area contributed by atoms with E-state index in [-0.39, 0.29) is 16.1 Å². The number of carbonyl (C=O) groups is 1. The highest BCUT2D eigenvalue weighted by molar-refractivity contribution is 8.05. The van der Waals surface area contributed by atoms with Gasteiger partial charge in [-0.1, -0.05) is 63.6 Å². The minimum absolute atomic E-state index is 0.211. The number of carboxylic acids is 1. The van der Waals surface area contributed by atoms with E-state index in [2.05, 4.69) is 58.9 Å². The fraction of sp³-hybridized carbons (Fsp3) is 0.500. The topological polar surface area (TPSA) is 37.3 Å². The van der Waals surface area contributed by atoms with E-state index in [4.69, 9.17) is 5.11 Å². The highest BCUT2D eigenvalue weighted by atomic mass is 32.2. The second-order valence-corrected chi connectivity index (χ2v) is 9.92. The van der Waals surface area contributed by atoms with Crippen molar-refractivity contribution in [1.29, 1.82) is 0 Å². The Labute approximate surface area is 155 Å². The van der Waals surface area contributed by atoms with Crippen LogP contribution in [0.3, 0.4) is 0 Å². The highest BCUT2D eigenvalue weighted by Crippen LogP contribution is 2.46. The molecule has 0 spiro atoms. The number of fused-ring (bicyclic) bond motifs is 1. The van der Waals surface area contributed by atoms with Crippen LogP contribution in [0.4, 0.5) is 0 Å². The molecule has 1 heterocycles. The number of hydrogen-bond acceptors (Lipinski definition) is 2. The molecule has 1 atom stereocenters. The summed E-state index contributed by atoms with van der Waals surface area (Å²) in [5.41, 5.74) is 5.86. The number of rotatable bonds is 3. The van der Waals surface area contributed by atoms with E-state index >= 15 is 0 Å². The first-order valence-electron chi connectivity index (χ1n) is 9.03. The number of allylic oxidation sites excluding steroid dienone is 1. The van der Waals surface area contributed by atoms with Gasteiger partial charge in [0.05, 0.1) is 4.91 Å². The Morgan fingerprint density at radius 1 is 1.16 bits per heavy atom. The molecule has 2 aliphatic rings. The first-order valence-corrected chi connectivity index (χ1v) is 9.91. The van der Waals surface area contributed by atoms with Gasteiger partial charge in [0.1, 0.15) is 0 Å². The molecule has 1 unspecified atom stereocenters. The van der Waals surface area contributed by atoms with Crippen molar-refractivity contribution < 1.29 is 9.90 Å². The summed E-state index contributed by atoms with van der Waals surface area (Å²) in [6.45, 7) is 11.5. The third-order valence-electron chi connectivity index (χ3n) is 5.78. The SMILES string of the molecule is C/C(=C/c1ccc2c(c1)C(C)(C)CCC2(C)C)C1CC=C(C(=O)O)S1. The van der Waals surface area contributed by atoms with Gasteiger partial charge in [-0.15, -0.1) is 11.8 Å². The zero-order valence-corrected chi connectivity index (χ0v) is 16.7. The van der Waals surface area contributed by atoms with Crippen LogP contribution in [-0.4, -0.2) is 16.3 Å². The summed E-state index contributed by atoms with van der Waals surface area (Å²) in [5.74, 6) is -0.807. The molecule has 1 aliphatic carbocycles.